The lowest BCUT2D eigenvalue weighted by molar-refractivity contribution is 0.0126. The number of hydrogen-bond donors (Lipinski definition) is 0. The molecule has 11 rings (SSSR count). The van der Waals surface area contributed by atoms with Gasteiger partial charge in [0.1, 0.15) is 0 Å². The fraction of sp³-hybridized carbons (Fsp3) is 0.375. The molecule has 0 N–H and O–H groups in total. The smallest absolute Gasteiger partial charge is 0.346 e. The van der Waals surface area contributed by atoms with Crippen LogP contribution in [0, 0.1) is 0 Å². The van der Waals surface area contributed by atoms with Gasteiger partial charge in [-0.15, -0.1) is 0 Å². The van der Waals surface area contributed by atoms with Crippen molar-refractivity contribution in [2.75, 3.05) is 98.5 Å². The first kappa shape index (κ1) is 37.2. The molecule has 2 amide bonds. The second-order valence-corrected chi connectivity index (χ2v) is 16.5. The van der Waals surface area contributed by atoms with E-state index in [4.69, 9.17) is 18.9 Å². The summed E-state index contributed by atoms with van der Waals surface area (Å²) in [6.07, 6.45) is 6.33. The number of piperidine rings is 2. The van der Waals surface area contributed by atoms with E-state index in [1.54, 1.807) is 6.07 Å². The van der Waals surface area contributed by atoms with Crippen molar-refractivity contribution in [1.29, 1.82) is 0 Å². The van der Waals surface area contributed by atoms with E-state index in [1.165, 1.54) is 4.90 Å². The molecule has 0 radical (unpaired) electrons. The lowest BCUT2D eigenvalue weighted by Crippen LogP contribution is -2.41. The number of anilines is 4. The molecule has 3 fully saturated rings. The van der Waals surface area contributed by atoms with Gasteiger partial charge in [0.2, 0.25) is 0 Å². The van der Waals surface area contributed by atoms with E-state index >= 15 is 4.79 Å². The summed E-state index contributed by atoms with van der Waals surface area (Å²) in [5.74, 6) is -2.02. The first-order chi connectivity index (χ1) is 29.5. The summed E-state index contributed by atoms with van der Waals surface area (Å²) in [6.45, 7) is 7.76. The standard InChI is InChI=1S/C48H46N4O8/c53-45-33-13-11-31-42-38(51-17-5-2-6-18-51)28-36-40-34(47(55)60-48(36)56)14-12-32(44(40)42)41-37(50-15-3-1-4-16-50)27-35(39(33)43(31)41)46(54)52(45)30-9-7-29(8-10-30)49-19-21-57-23-25-59-26-24-58-22-20-49/h7-14,27-28H,1-6,15-26H2. The summed E-state index contributed by atoms with van der Waals surface area (Å²) in [4.78, 5) is 65.0. The Hall–Kier alpha value is -5.82. The summed E-state index contributed by atoms with van der Waals surface area (Å²) in [5, 5.41) is 6.64. The van der Waals surface area contributed by atoms with Gasteiger partial charge in [0.05, 0.1) is 62.0 Å². The minimum atomic E-state index is -0.649. The maximum absolute atomic E-state index is 15.1. The van der Waals surface area contributed by atoms with E-state index in [-0.39, 0.29) is 11.8 Å². The summed E-state index contributed by atoms with van der Waals surface area (Å²) in [7, 11) is 0. The van der Waals surface area contributed by atoms with E-state index in [0.29, 0.717) is 91.4 Å². The fourth-order valence-electron chi connectivity index (χ4n) is 10.3. The maximum atomic E-state index is 15.1. The minimum Gasteiger partial charge on any atom is -0.386 e. The van der Waals surface area contributed by atoms with E-state index in [1.807, 2.05) is 54.6 Å². The Morgan fingerprint density at radius 2 is 0.850 bits per heavy atom. The number of fused-ring (bicyclic) bond motifs is 2. The zero-order valence-electron chi connectivity index (χ0n) is 33.6. The fourth-order valence-corrected chi connectivity index (χ4v) is 10.3. The van der Waals surface area contributed by atoms with Gasteiger partial charge in [-0.25, -0.2) is 14.5 Å². The molecule has 3 saturated heterocycles. The second-order valence-electron chi connectivity index (χ2n) is 16.5. The Bertz CT molecular complexity index is 2720. The third kappa shape index (κ3) is 5.90. The van der Waals surface area contributed by atoms with Crippen LogP contribution in [0.1, 0.15) is 80.0 Å². The molecule has 0 spiro atoms. The van der Waals surface area contributed by atoms with Crippen molar-refractivity contribution >= 4 is 89.6 Å². The molecule has 0 atom stereocenters. The quantitative estimate of drug-likeness (QED) is 0.0574. The minimum absolute atomic E-state index is 0.363. The molecule has 0 saturated carbocycles. The number of cyclic esters (lactones) is 2. The van der Waals surface area contributed by atoms with Gasteiger partial charge in [-0.3, -0.25) is 9.59 Å². The van der Waals surface area contributed by atoms with E-state index in [2.05, 4.69) is 14.7 Å². The molecule has 0 bridgehead atoms. The number of carbonyl (C=O) groups excluding carboxylic acids is 4. The van der Waals surface area contributed by atoms with Gasteiger partial charge in [0, 0.05) is 94.2 Å². The average molecular weight is 807 g/mol. The number of hydrogen-bond acceptors (Lipinski definition) is 11. The van der Waals surface area contributed by atoms with Gasteiger partial charge in [0.15, 0.2) is 0 Å². The number of carbonyl (C=O) groups is 4. The summed E-state index contributed by atoms with van der Waals surface area (Å²) in [6, 6.07) is 19.2. The first-order valence-electron chi connectivity index (χ1n) is 21.5. The summed E-state index contributed by atoms with van der Waals surface area (Å²) in [5.41, 5.74) is 5.00. The van der Waals surface area contributed by atoms with Gasteiger partial charge < -0.3 is 33.6 Å². The van der Waals surface area contributed by atoms with Crippen LogP contribution >= 0.6 is 0 Å². The number of ether oxygens (including phenoxy) is 4. The van der Waals surface area contributed by atoms with Crippen LogP contribution in [0.25, 0.3) is 43.1 Å². The number of rotatable bonds is 4. The third-order valence-electron chi connectivity index (χ3n) is 13.2. The van der Waals surface area contributed by atoms with Gasteiger partial charge in [-0.1, -0.05) is 12.1 Å². The number of imide groups is 1. The highest BCUT2D eigenvalue weighted by molar-refractivity contribution is 6.46. The molecule has 5 heterocycles. The van der Waals surface area contributed by atoms with Crippen molar-refractivity contribution in [3.8, 4) is 0 Å². The van der Waals surface area contributed by atoms with Crippen molar-refractivity contribution < 1.29 is 38.1 Å². The molecule has 0 aliphatic carbocycles. The van der Waals surface area contributed by atoms with Crippen LogP contribution in [-0.2, 0) is 18.9 Å². The number of nitrogens with zero attached hydrogens (tertiary/aromatic N) is 4. The highest BCUT2D eigenvalue weighted by atomic mass is 16.6. The van der Waals surface area contributed by atoms with Crippen molar-refractivity contribution in [2.45, 2.75) is 38.5 Å². The van der Waals surface area contributed by atoms with Gasteiger partial charge in [-0.05, 0) is 97.8 Å². The van der Waals surface area contributed by atoms with E-state index in [9.17, 15) is 14.4 Å². The predicted octanol–water partition coefficient (Wildman–Crippen LogP) is 7.70. The Morgan fingerprint density at radius 1 is 0.383 bits per heavy atom. The Balaban J connectivity index is 1.10. The van der Waals surface area contributed by atoms with Crippen LogP contribution in [0.2, 0.25) is 0 Å². The average Bonchev–Trinajstić information content (AvgIpc) is 3.27. The molecule has 12 heteroatoms. The predicted molar refractivity (Wildman–Crippen MR) is 232 cm³/mol. The summed E-state index contributed by atoms with van der Waals surface area (Å²) >= 11 is 0. The highest BCUT2D eigenvalue weighted by Gasteiger charge is 2.39. The zero-order valence-corrected chi connectivity index (χ0v) is 33.6. The Morgan fingerprint density at radius 3 is 1.43 bits per heavy atom. The van der Waals surface area contributed by atoms with E-state index in [0.717, 1.165) is 114 Å². The Labute approximate surface area is 346 Å². The molecule has 6 aromatic carbocycles. The molecule has 5 aliphatic heterocycles. The van der Waals surface area contributed by atoms with Crippen molar-refractivity contribution in [3.63, 3.8) is 0 Å². The first-order valence-corrected chi connectivity index (χ1v) is 21.5. The largest absolute Gasteiger partial charge is 0.386 e. The molecule has 6 aromatic rings. The molecule has 12 nitrogen and oxygen atoms in total. The van der Waals surface area contributed by atoms with Crippen LogP contribution in [0.3, 0.4) is 0 Å². The van der Waals surface area contributed by atoms with Crippen LogP contribution in [0.4, 0.5) is 22.7 Å². The molecule has 0 unspecified atom stereocenters. The zero-order chi connectivity index (χ0) is 40.5. The van der Waals surface area contributed by atoms with Gasteiger partial charge >= 0.3 is 11.9 Å². The SMILES string of the molecule is O=C1OC(=O)c2cc(N3CCCCC3)c3c4ccc5c6c(cc(N7CCCCC7)c(c7ccc1c2c73)c64)C(=O)N(c1ccc(N2CCOCCOCCOCC2)cc1)C5=O. The lowest BCUT2D eigenvalue weighted by atomic mass is 9.81. The van der Waals surface area contributed by atoms with Crippen LogP contribution in [-0.4, -0.2) is 103 Å². The Kier molecular flexibility index (Phi) is 9.31. The summed E-state index contributed by atoms with van der Waals surface area (Å²) < 4.78 is 22.4. The van der Waals surface area contributed by atoms with Crippen molar-refractivity contribution in [3.05, 3.63) is 82.9 Å². The number of esters is 2. The number of amides is 2. The van der Waals surface area contributed by atoms with Crippen LogP contribution < -0.4 is 19.6 Å². The second kappa shape index (κ2) is 15.0. The number of benzene rings is 6. The third-order valence-corrected chi connectivity index (χ3v) is 13.2. The topological polar surface area (TPSA) is 118 Å². The molecule has 0 aromatic heterocycles. The molecular formula is C48H46N4O8. The lowest BCUT2D eigenvalue weighted by Gasteiger charge is -2.35. The van der Waals surface area contributed by atoms with Crippen LogP contribution in [0.5, 0.6) is 0 Å². The van der Waals surface area contributed by atoms with Crippen LogP contribution in [0.15, 0.2) is 60.7 Å². The molecule has 5 aliphatic rings. The molecular weight excluding hydrogens is 761 g/mol. The molecule has 60 heavy (non-hydrogen) atoms. The maximum Gasteiger partial charge on any atom is 0.346 e. The van der Waals surface area contributed by atoms with E-state index < -0.39 is 11.9 Å². The van der Waals surface area contributed by atoms with Crippen molar-refractivity contribution in [1.82, 2.24) is 0 Å². The van der Waals surface area contributed by atoms with Gasteiger partial charge in [-0.2, -0.15) is 0 Å². The van der Waals surface area contributed by atoms with Gasteiger partial charge in [0.25, 0.3) is 11.8 Å². The monoisotopic (exact) mass is 806 g/mol. The normalized spacial score (nSPS) is 19.7. The highest BCUT2D eigenvalue weighted by Crippen LogP contribution is 2.52. The van der Waals surface area contributed by atoms with Crippen molar-refractivity contribution in [2.24, 2.45) is 0 Å². The molecule has 306 valence electrons.